The lowest BCUT2D eigenvalue weighted by molar-refractivity contribution is -0.115. The zero-order valence-corrected chi connectivity index (χ0v) is 12.2. The molecule has 0 bridgehead atoms. The summed E-state index contributed by atoms with van der Waals surface area (Å²) in [6, 6.07) is 0. The Morgan fingerprint density at radius 3 is 2.58 bits per heavy atom. The Balaban J connectivity index is 3.00. The van der Waals surface area contributed by atoms with Crippen molar-refractivity contribution in [3.63, 3.8) is 0 Å². The second-order valence-corrected chi connectivity index (χ2v) is 4.52. The number of aryl methyl sites for hydroxylation is 1. The van der Waals surface area contributed by atoms with E-state index in [-0.39, 0.29) is 17.5 Å². The van der Waals surface area contributed by atoms with Gasteiger partial charge < -0.3 is 5.32 Å². The minimum Gasteiger partial charge on any atom is -0.360 e. The average molecular weight is 389 g/mol. The van der Waals surface area contributed by atoms with E-state index >= 15 is 0 Å². The first-order chi connectivity index (χ1) is 8.74. The van der Waals surface area contributed by atoms with Gasteiger partial charge in [0.05, 0.1) is 16.4 Å². The number of hydroxylamine groups is 1. The molecule has 1 heterocycles. The molecule has 0 aliphatic rings. The summed E-state index contributed by atoms with van der Waals surface area (Å²) in [6.07, 6.45) is -4.35. The van der Waals surface area contributed by atoms with E-state index in [0.29, 0.717) is 9.26 Å². The van der Waals surface area contributed by atoms with Crippen LogP contribution in [0.1, 0.15) is 11.5 Å². The molecule has 1 rings (SSSR count). The second kappa shape index (κ2) is 6.32. The molecule has 0 fully saturated rings. The Bertz CT molecular complexity index is 480. The summed E-state index contributed by atoms with van der Waals surface area (Å²) in [5.74, 6) is -0.260. The van der Waals surface area contributed by atoms with Crippen molar-refractivity contribution < 1.29 is 18.0 Å². The summed E-state index contributed by atoms with van der Waals surface area (Å²) < 4.78 is 37.0. The van der Waals surface area contributed by atoms with Crippen LogP contribution in [0.3, 0.4) is 0 Å². The highest BCUT2D eigenvalue weighted by atomic mass is 127. The summed E-state index contributed by atoms with van der Waals surface area (Å²) in [5, 5.41) is 9.72. The van der Waals surface area contributed by atoms with E-state index in [1.54, 1.807) is 6.92 Å². The first-order valence-corrected chi connectivity index (χ1v) is 6.05. The molecule has 0 amide bonds. The minimum atomic E-state index is -4.35. The third-order valence-corrected chi connectivity index (χ3v) is 3.19. The number of rotatable bonds is 4. The van der Waals surface area contributed by atoms with Crippen molar-refractivity contribution in [3.05, 3.63) is 15.1 Å². The Morgan fingerprint density at radius 1 is 1.42 bits per heavy atom. The molecular formula is C9H11F3IN5O. The molecule has 1 aromatic heterocycles. The highest BCUT2D eigenvalue weighted by molar-refractivity contribution is 14.1. The first-order valence-electron chi connectivity index (χ1n) is 4.97. The van der Waals surface area contributed by atoms with Crippen LogP contribution in [0.2, 0.25) is 0 Å². The molecule has 19 heavy (non-hydrogen) atoms. The van der Waals surface area contributed by atoms with E-state index in [4.69, 9.17) is 5.41 Å². The standard InChI is InChI=1S/C9H11F3IN5O/c1-4-5(13)7(15-3-9(10,11)12)17-8(16-4)6(14)18-19-2/h3H2,1-2H3,(H2,14,18)(H,15,16,17). The van der Waals surface area contributed by atoms with Gasteiger partial charge in [-0.05, 0) is 29.5 Å². The van der Waals surface area contributed by atoms with E-state index < -0.39 is 12.7 Å². The van der Waals surface area contributed by atoms with E-state index in [1.807, 2.05) is 22.6 Å². The monoisotopic (exact) mass is 389 g/mol. The van der Waals surface area contributed by atoms with Gasteiger partial charge in [0.1, 0.15) is 12.4 Å². The molecular weight excluding hydrogens is 378 g/mol. The number of nitrogens with zero attached hydrogens (tertiary/aromatic N) is 2. The lowest BCUT2D eigenvalue weighted by Crippen LogP contribution is -2.27. The number of amidine groups is 1. The van der Waals surface area contributed by atoms with Crippen LogP contribution in [-0.4, -0.2) is 35.6 Å². The maximum absolute atomic E-state index is 12.2. The number of aromatic nitrogens is 2. The van der Waals surface area contributed by atoms with Crippen molar-refractivity contribution in [2.24, 2.45) is 0 Å². The molecule has 0 aliphatic heterocycles. The van der Waals surface area contributed by atoms with Crippen LogP contribution >= 0.6 is 22.6 Å². The zero-order valence-electron chi connectivity index (χ0n) is 10.0. The van der Waals surface area contributed by atoms with Gasteiger partial charge >= 0.3 is 6.18 Å². The molecule has 0 unspecified atom stereocenters. The Morgan fingerprint density at radius 2 is 2.05 bits per heavy atom. The number of halogens is 4. The van der Waals surface area contributed by atoms with Gasteiger partial charge in [-0.25, -0.2) is 15.4 Å². The second-order valence-electron chi connectivity index (χ2n) is 3.45. The van der Waals surface area contributed by atoms with Crippen LogP contribution in [-0.2, 0) is 4.84 Å². The number of anilines is 1. The number of hydrogen-bond donors (Lipinski definition) is 3. The van der Waals surface area contributed by atoms with Gasteiger partial charge in [-0.3, -0.25) is 10.2 Å². The lowest BCUT2D eigenvalue weighted by atomic mass is 10.4. The minimum absolute atomic E-state index is 0.0306. The molecule has 1 aromatic rings. The predicted molar refractivity (Wildman–Crippen MR) is 71.0 cm³/mol. The fraction of sp³-hybridized carbons (Fsp3) is 0.444. The van der Waals surface area contributed by atoms with Crippen molar-refractivity contribution in [1.29, 1.82) is 5.41 Å². The van der Waals surface area contributed by atoms with Crippen LogP contribution in [0.4, 0.5) is 19.0 Å². The summed E-state index contributed by atoms with van der Waals surface area (Å²) in [5.41, 5.74) is 2.68. The topological polar surface area (TPSA) is 82.9 Å². The smallest absolute Gasteiger partial charge is 0.360 e. The van der Waals surface area contributed by atoms with Gasteiger partial charge in [0.25, 0.3) is 0 Å². The molecule has 0 saturated carbocycles. The molecule has 0 aromatic carbocycles. The van der Waals surface area contributed by atoms with Crippen LogP contribution in [0.5, 0.6) is 0 Å². The third kappa shape index (κ3) is 4.78. The molecule has 0 aliphatic carbocycles. The summed E-state index contributed by atoms with van der Waals surface area (Å²) in [6.45, 7) is 0.412. The van der Waals surface area contributed by atoms with Gasteiger partial charge in [-0.1, -0.05) is 0 Å². The number of nitrogens with one attached hydrogen (secondary N) is 3. The lowest BCUT2D eigenvalue weighted by Gasteiger charge is -2.13. The largest absolute Gasteiger partial charge is 0.405 e. The van der Waals surface area contributed by atoms with Gasteiger partial charge in [0.15, 0.2) is 11.7 Å². The van der Waals surface area contributed by atoms with Crippen molar-refractivity contribution in [2.75, 3.05) is 19.0 Å². The molecule has 10 heteroatoms. The van der Waals surface area contributed by atoms with Crippen molar-refractivity contribution in [2.45, 2.75) is 13.1 Å². The molecule has 0 atom stereocenters. The van der Waals surface area contributed by atoms with Crippen LogP contribution in [0.15, 0.2) is 0 Å². The first kappa shape index (κ1) is 15.9. The average Bonchev–Trinajstić information content (AvgIpc) is 2.30. The van der Waals surface area contributed by atoms with Crippen LogP contribution < -0.4 is 10.8 Å². The molecule has 3 N–H and O–H groups in total. The van der Waals surface area contributed by atoms with E-state index in [0.717, 1.165) is 0 Å². The maximum atomic E-state index is 12.2. The normalized spacial score (nSPS) is 11.3. The Kier molecular flexibility index (Phi) is 5.29. The third-order valence-electron chi connectivity index (χ3n) is 1.90. The van der Waals surface area contributed by atoms with Gasteiger partial charge in [0.2, 0.25) is 0 Å². The van der Waals surface area contributed by atoms with Gasteiger partial charge in [-0.2, -0.15) is 13.2 Å². The molecule has 0 spiro atoms. The van der Waals surface area contributed by atoms with Crippen molar-refractivity contribution >= 4 is 34.2 Å². The highest BCUT2D eigenvalue weighted by Gasteiger charge is 2.27. The SMILES string of the molecule is CONC(=N)c1nc(C)c(I)c(NCC(F)(F)F)n1. The van der Waals surface area contributed by atoms with Crippen LogP contribution in [0, 0.1) is 15.9 Å². The van der Waals surface area contributed by atoms with Gasteiger partial charge in [-0.15, -0.1) is 0 Å². The van der Waals surface area contributed by atoms with E-state index in [1.165, 1.54) is 7.11 Å². The fourth-order valence-electron chi connectivity index (χ4n) is 1.12. The fourth-order valence-corrected chi connectivity index (χ4v) is 1.55. The van der Waals surface area contributed by atoms with Crippen molar-refractivity contribution in [3.8, 4) is 0 Å². The van der Waals surface area contributed by atoms with E-state index in [2.05, 4.69) is 25.6 Å². The predicted octanol–water partition coefficient (Wildman–Crippen LogP) is 1.84. The van der Waals surface area contributed by atoms with Gasteiger partial charge in [0, 0.05) is 0 Å². The Labute approximate surface area is 120 Å². The molecule has 106 valence electrons. The van der Waals surface area contributed by atoms with E-state index in [9.17, 15) is 13.2 Å². The maximum Gasteiger partial charge on any atom is 0.405 e. The quantitative estimate of drug-likeness (QED) is 0.317. The van der Waals surface area contributed by atoms with Crippen molar-refractivity contribution in [1.82, 2.24) is 15.4 Å². The molecule has 0 saturated heterocycles. The number of hydrogen-bond acceptors (Lipinski definition) is 5. The summed E-state index contributed by atoms with van der Waals surface area (Å²) >= 11 is 1.84. The number of alkyl halides is 3. The zero-order chi connectivity index (χ0) is 14.6. The molecule has 0 radical (unpaired) electrons. The summed E-state index contributed by atoms with van der Waals surface area (Å²) in [7, 11) is 1.30. The highest BCUT2D eigenvalue weighted by Crippen LogP contribution is 2.21. The Hall–Kier alpha value is -1.17. The molecule has 6 nitrogen and oxygen atoms in total. The summed E-state index contributed by atoms with van der Waals surface area (Å²) in [4.78, 5) is 12.4. The van der Waals surface area contributed by atoms with Crippen LogP contribution in [0.25, 0.3) is 0 Å².